The van der Waals surface area contributed by atoms with Crippen LogP contribution in [0.4, 0.5) is 23.1 Å². The Morgan fingerprint density at radius 3 is 2.37 bits per heavy atom. The third-order valence-corrected chi connectivity index (χ3v) is 4.73. The van der Waals surface area contributed by atoms with E-state index in [0.717, 1.165) is 23.5 Å². The zero-order chi connectivity index (χ0) is 18.8. The second-order valence-corrected chi connectivity index (χ2v) is 7.21. The van der Waals surface area contributed by atoms with E-state index in [0.29, 0.717) is 28.8 Å². The lowest BCUT2D eigenvalue weighted by Crippen LogP contribution is -2.22. The van der Waals surface area contributed by atoms with Crippen LogP contribution in [0.15, 0.2) is 54.6 Å². The molecule has 1 aliphatic rings. The number of benzene rings is 2. The second kappa shape index (κ2) is 7.37. The zero-order valence-corrected chi connectivity index (χ0v) is 15.6. The van der Waals surface area contributed by atoms with Crippen LogP contribution in [0.25, 0.3) is 0 Å². The fourth-order valence-electron chi connectivity index (χ4n) is 3.24. The summed E-state index contributed by atoms with van der Waals surface area (Å²) >= 11 is 5.97. The molecule has 1 unspecified atom stereocenters. The van der Waals surface area contributed by atoms with Crippen molar-refractivity contribution in [1.82, 2.24) is 9.97 Å². The quantitative estimate of drug-likeness (QED) is 0.637. The monoisotopic (exact) mass is 378 g/mol. The third-order valence-electron chi connectivity index (χ3n) is 4.48. The number of carbonyl (C=O) groups is 1. The summed E-state index contributed by atoms with van der Waals surface area (Å²) in [7, 11) is 0. The van der Waals surface area contributed by atoms with Crippen LogP contribution in [0.3, 0.4) is 0 Å². The van der Waals surface area contributed by atoms with Gasteiger partial charge >= 0.3 is 0 Å². The number of nitrogens with zero attached hydrogens (tertiary/aromatic N) is 2. The van der Waals surface area contributed by atoms with E-state index in [1.807, 2.05) is 42.5 Å². The Labute approximate surface area is 162 Å². The van der Waals surface area contributed by atoms with Gasteiger partial charge in [-0.1, -0.05) is 36.7 Å². The molecule has 0 amide bonds. The van der Waals surface area contributed by atoms with Gasteiger partial charge < -0.3 is 10.6 Å². The molecule has 1 aliphatic carbocycles. The van der Waals surface area contributed by atoms with E-state index in [9.17, 15) is 4.79 Å². The van der Waals surface area contributed by atoms with Crippen molar-refractivity contribution in [1.29, 1.82) is 0 Å². The molecule has 6 heteroatoms. The average molecular weight is 379 g/mol. The molecular weight excluding hydrogens is 360 g/mol. The van der Waals surface area contributed by atoms with Crippen LogP contribution in [0, 0.1) is 5.92 Å². The second-order valence-electron chi connectivity index (χ2n) is 6.78. The predicted molar refractivity (Wildman–Crippen MR) is 108 cm³/mol. The maximum Gasteiger partial charge on any atom is 0.229 e. The lowest BCUT2D eigenvalue weighted by molar-refractivity contribution is 0.0953. The van der Waals surface area contributed by atoms with Crippen LogP contribution < -0.4 is 10.6 Å². The van der Waals surface area contributed by atoms with Crippen LogP contribution in [0.5, 0.6) is 0 Å². The molecule has 0 fully saturated rings. The number of rotatable bonds is 4. The minimum absolute atomic E-state index is 0.0754. The van der Waals surface area contributed by atoms with E-state index >= 15 is 0 Å². The molecule has 1 atom stereocenters. The summed E-state index contributed by atoms with van der Waals surface area (Å²) in [5, 5.41) is 7.14. The number of aromatic nitrogens is 2. The molecular formula is C21H19ClN4O. The number of carbonyl (C=O) groups excluding carboxylic acids is 1. The van der Waals surface area contributed by atoms with E-state index < -0.39 is 0 Å². The molecule has 1 heterocycles. The molecule has 1 aromatic heterocycles. The number of nitrogens with one attached hydrogen (secondary N) is 2. The maximum absolute atomic E-state index is 12.7. The summed E-state index contributed by atoms with van der Waals surface area (Å²) in [5.41, 5.74) is 3.08. The molecule has 0 bridgehead atoms. The van der Waals surface area contributed by atoms with Gasteiger partial charge in [0.15, 0.2) is 5.78 Å². The molecule has 2 aromatic carbocycles. The van der Waals surface area contributed by atoms with Gasteiger partial charge in [0, 0.05) is 22.8 Å². The highest BCUT2D eigenvalue weighted by Gasteiger charge is 2.28. The van der Waals surface area contributed by atoms with E-state index in [4.69, 9.17) is 11.6 Å². The Bertz CT molecular complexity index is 973. The number of para-hydroxylation sites is 1. The van der Waals surface area contributed by atoms with Gasteiger partial charge in [0.25, 0.3) is 0 Å². The van der Waals surface area contributed by atoms with Crippen molar-refractivity contribution in [3.05, 3.63) is 70.9 Å². The molecule has 136 valence electrons. The molecule has 0 spiro atoms. The summed E-state index contributed by atoms with van der Waals surface area (Å²) in [6.45, 7) is 2.07. The minimum atomic E-state index is 0.0754. The topological polar surface area (TPSA) is 66.9 Å². The number of ketones is 1. The highest BCUT2D eigenvalue weighted by atomic mass is 35.5. The Morgan fingerprint density at radius 2 is 1.63 bits per heavy atom. The van der Waals surface area contributed by atoms with Crippen molar-refractivity contribution in [3.63, 3.8) is 0 Å². The molecule has 5 nitrogen and oxygen atoms in total. The highest BCUT2D eigenvalue weighted by molar-refractivity contribution is 6.30. The van der Waals surface area contributed by atoms with E-state index in [1.165, 1.54) is 0 Å². The van der Waals surface area contributed by atoms with E-state index in [-0.39, 0.29) is 11.7 Å². The lowest BCUT2D eigenvalue weighted by atomic mass is 9.87. The molecule has 27 heavy (non-hydrogen) atoms. The van der Waals surface area contributed by atoms with Crippen LogP contribution in [0.1, 0.15) is 29.4 Å². The van der Waals surface area contributed by atoms with Crippen LogP contribution in [-0.4, -0.2) is 15.8 Å². The summed E-state index contributed by atoms with van der Waals surface area (Å²) in [4.78, 5) is 21.9. The summed E-state index contributed by atoms with van der Waals surface area (Å²) < 4.78 is 0. The fourth-order valence-corrected chi connectivity index (χ4v) is 3.36. The van der Waals surface area contributed by atoms with Crippen molar-refractivity contribution in [2.45, 2.75) is 19.8 Å². The SMILES string of the molecule is CC1CC(=O)c2c(nc(Nc3ccccc3)nc2Nc2ccc(Cl)cc2)C1. The van der Waals surface area contributed by atoms with Gasteiger partial charge in [-0.3, -0.25) is 4.79 Å². The first kappa shape index (κ1) is 17.5. The molecule has 0 saturated heterocycles. The summed E-state index contributed by atoms with van der Waals surface area (Å²) in [6.07, 6.45) is 1.26. The van der Waals surface area contributed by atoms with Crippen molar-refractivity contribution in [2.75, 3.05) is 10.6 Å². The van der Waals surface area contributed by atoms with Crippen LogP contribution in [0.2, 0.25) is 5.02 Å². The smallest absolute Gasteiger partial charge is 0.229 e. The fraction of sp³-hybridized carbons (Fsp3) is 0.190. The molecule has 4 rings (SSSR count). The largest absolute Gasteiger partial charge is 0.339 e. The number of Topliss-reactive ketones (excluding diaryl/α,β-unsaturated/α-hetero) is 1. The minimum Gasteiger partial charge on any atom is -0.339 e. The van der Waals surface area contributed by atoms with Gasteiger partial charge in [0.1, 0.15) is 5.82 Å². The van der Waals surface area contributed by atoms with Crippen LogP contribution >= 0.6 is 11.6 Å². The van der Waals surface area contributed by atoms with Crippen LogP contribution in [-0.2, 0) is 6.42 Å². The van der Waals surface area contributed by atoms with Crippen molar-refractivity contribution < 1.29 is 4.79 Å². The van der Waals surface area contributed by atoms with Gasteiger partial charge in [0.05, 0.1) is 11.3 Å². The van der Waals surface area contributed by atoms with E-state index in [2.05, 4.69) is 27.5 Å². The Kier molecular flexibility index (Phi) is 4.77. The number of fused-ring (bicyclic) bond motifs is 1. The maximum atomic E-state index is 12.7. The Morgan fingerprint density at radius 1 is 0.926 bits per heavy atom. The highest BCUT2D eigenvalue weighted by Crippen LogP contribution is 2.32. The predicted octanol–water partition coefficient (Wildman–Crippen LogP) is 5.38. The Hall–Kier alpha value is -2.92. The standard InChI is InChI=1S/C21H19ClN4O/c1-13-11-17-19(18(27)12-13)20(23-16-9-7-14(22)8-10-16)26-21(25-17)24-15-5-3-2-4-6-15/h2-10,13H,11-12H2,1H3,(H2,23,24,25,26). The first-order chi connectivity index (χ1) is 13.1. The van der Waals surface area contributed by atoms with Gasteiger partial charge in [-0.25, -0.2) is 4.98 Å². The average Bonchev–Trinajstić information content (AvgIpc) is 2.63. The number of halogens is 1. The summed E-state index contributed by atoms with van der Waals surface area (Å²) in [5.74, 6) is 1.34. The normalized spacial score (nSPS) is 15.9. The Balaban J connectivity index is 1.75. The van der Waals surface area contributed by atoms with Gasteiger partial charge in [-0.05, 0) is 48.7 Å². The van der Waals surface area contributed by atoms with Gasteiger partial charge in [-0.15, -0.1) is 0 Å². The first-order valence-electron chi connectivity index (χ1n) is 8.87. The number of hydrogen-bond donors (Lipinski definition) is 2. The molecule has 0 radical (unpaired) electrons. The third kappa shape index (κ3) is 3.93. The van der Waals surface area contributed by atoms with Gasteiger partial charge in [-0.2, -0.15) is 4.98 Å². The van der Waals surface area contributed by atoms with E-state index in [1.54, 1.807) is 12.1 Å². The number of anilines is 4. The zero-order valence-electron chi connectivity index (χ0n) is 14.9. The number of hydrogen-bond acceptors (Lipinski definition) is 5. The van der Waals surface area contributed by atoms with Crippen molar-refractivity contribution in [2.24, 2.45) is 5.92 Å². The van der Waals surface area contributed by atoms with Crippen molar-refractivity contribution in [3.8, 4) is 0 Å². The lowest BCUT2D eigenvalue weighted by Gasteiger charge is -2.23. The molecule has 0 aliphatic heterocycles. The molecule has 2 N–H and O–H groups in total. The first-order valence-corrected chi connectivity index (χ1v) is 9.25. The summed E-state index contributed by atoms with van der Waals surface area (Å²) in [6, 6.07) is 17.0. The van der Waals surface area contributed by atoms with Gasteiger partial charge in [0.2, 0.25) is 5.95 Å². The molecule has 0 saturated carbocycles. The molecule has 3 aromatic rings. The van der Waals surface area contributed by atoms with Crippen molar-refractivity contribution >= 4 is 40.5 Å².